The molecule has 31 heavy (non-hydrogen) atoms. The fourth-order valence-electron chi connectivity index (χ4n) is 4.38. The van der Waals surface area contributed by atoms with Crippen LogP contribution in [0.15, 0.2) is 47.7 Å². The van der Waals surface area contributed by atoms with Gasteiger partial charge in [0.1, 0.15) is 0 Å². The molecule has 0 bridgehead atoms. The van der Waals surface area contributed by atoms with Gasteiger partial charge in [-0.1, -0.05) is 29.8 Å². The Morgan fingerprint density at radius 2 is 1.94 bits per heavy atom. The maximum absolute atomic E-state index is 13.2. The molecule has 2 aliphatic rings. The molecule has 0 aromatic heterocycles. The SMILES string of the molecule is COc1cc([C@@H]2CC(=O)NC3=C2C(=O)C[C@@H](c2ccccc2Cl)C3)cc([N+](=O)[O-])c1O. The number of aromatic hydroxyl groups is 1. The van der Waals surface area contributed by atoms with Gasteiger partial charge in [-0.15, -0.1) is 0 Å². The number of methoxy groups -OCH3 is 1. The Hall–Kier alpha value is -3.39. The number of phenolic OH excluding ortho intramolecular Hbond substituents is 1. The smallest absolute Gasteiger partial charge is 0.314 e. The highest BCUT2D eigenvalue weighted by Crippen LogP contribution is 2.46. The molecule has 1 aliphatic carbocycles. The average molecular weight is 443 g/mol. The topological polar surface area (TPSA) is 119 Å². The largest absolute Gasteiger partial charge is 0.500 e. The highest BCUT2D eigenvalue weighted by molar-refractivity contribution is 6.31. The number of ketones is 1. The average Bonchev–Trinajstić information content (AvgIpc) is 2.73. The van der Waals surface area contributed by atoms with Crippen molar-refractivity contribution in [3.05, 3.63) is 73.9 Å². The van der Waals surface area contributed by atoms with Gasteiger partial charge in [-0.2, -0.15) is 0 Å². The van der Waals surface area contributed by atoms with E-state index in [0.29, 0.717) is 28.3 Å². The highest BCUT2D eigenvalue weighted by atomic mass is 35.5. The number of hydrogen-bond acceptors (Lipinski definition) is 6. The van der Waals surface area contributed by atoms with Gasteiger partial charge in [0.15, 0.2) is 11.5 Å². The van der Waals surface area contributed by atoms with Gasteiger partial charge in [0.25, 0.3) is 0 Å². The molecule has 8 nitrogen and oxygen atoms in total. The van der Waals surface area contributed by atoms with Gasteiger partial charge >= 0.3 is 5.69 Å². The predicted molar refractivity (Wildman–Crippen MR) is 112 cm³/mol. The number of carbonyl (C=O) groups excluding carboxylic acids is 2. The van der Waals surface area contributed by atoms with Gasteiger partial charge in [-0.05, 0) is 35.6 Å². The molecule has 2 aromatic carbocycles. The Morgan fingerprint density at radius 1 is 1.19 bits per heavy atom. The molecule has 1 heterocycles. The van der Waals surface area contributed by atoms with E-state index < -0.39 is 22.3 Å². The van der Waals surface area contributed by atoms with Crippen LogP contribution < -0.4 is 10.1 Å². The minimum atomic E-state index is -0.727. The zero-order valence-corrected chi connectivity index (χ0v) is 17.3. The fourth-order valence-corrected chi connectivity index (χ4v) is 4.67. The molecule has 4 rings (SSSR count). The summed E-state index contributed by atoms with van der Waals surface area (Å²) >= 11 is 6.31. The number of nitrogens with zero attached hydrogens (tertiary/aromatic N) is 1. The second kappa shape index (κ2) is 8.03. The number of Topliss-reactive ketones (excluding diaryl/α,β-unsaturated/α-hetero) is 1. The molecule has 1 aliphatic heterocycles. The number of nitro benzene ring substituents is 1. The predicted octanol–water partition coefficient (Wildman–Crippen LogP) is 3.97. The fraction of sp³-hybridized carbons (Fsp3) is 0.273. The number of benzene rings is 2. The van der Waals surface area contributed by atoms with Crippen molar-refractivity contribution in [3.63, 3.8) is 0 Å². The van der Waals surface area contributed by atoms with Crippen molar-refractivity contribution in [3.8, 4) is 11.5 Å². The van der Waals surface area contributed by atoms with Crippen molar-refractivity contribution in [1.29, 1.82) is 0 Å². The Balaban J connectivity index is 1.79. The lowest BCUT2D eigenvalue weighted by molar-refractivity contribution is -0.386. The summed E-state index contributed by atoms with van der Waals surface area (Å²) in [6.45, 7) is 0. The second-order valence-electron chi connectivity index (χ2n) is 7.59. The van der Waals surface area contributed by atoms with Gasteiger partial charge in [-0.3, -0.25) is 19.7 Å². The van der Waals surface area contributed by atoms with Gasteiger partial charge < -0.3 is 15.2 Å². The number of allylic oxidation sites excluding steroid dienone is 2. The Labute approximate surface area is 182 Å². The normalized spacial score (nSPS) is 20.8. The van der Waals surface area contributed by atoms with Crippen molar-refractivity contribution in [2.75, 3.05) is 7.11 Å². The van der Waals surface area contributed by atoms with E-state index in [1.807, 2.05) is 18.2 Å². The van der Waals surface area contributed by atoms with E-state index in [1.54, 1.807) is 6.07 Å². The Bertz CT molecular complexity index is 1140. The van der Waals surface area contributed by atoms with Gasteiger partial charge in [0.05, 0.1) is 12.0 Å². The van der Waals surface area contributed by atoms with Crippen molar-refractivity contribution in [2.45, 2.75) is 31.1 Å². The zero-order valence-electron chi connectivity index (χ0n) is 16.6. The third kappa shape index (κ3) is 3.74. The van der Waals surface area contributed by atoms with Crippen LogP contribution in [0.25, 0.3) is 0 Å². The van der Waals surface area contributed by atoms with E-state index in [0.717, 1.165) is 5.56 Å². The zero-order chi connectivity index (χ0) is 22.3. The lowest BCUT2D eigenvalue weighted by atomic mass is 9.73. The molecular weight excluding hydrogens is 424 g/mol. The van der Waals surface area contributed by atoms with Crippen molar-refractivity contribution in [1.82, 2.24) is 5.32 Å². The van der Waals surface area contributed by atoms with Crippen LogP contribution in [-0.4, -0.2) is 28.8 Å². The number of rotatable bonds is 4. The molecule has 2 atom stereocenters. The molecule has 0 saturated carbocycles. The minimum Gasteiger partial charge on any atom is -0.500 e. The standard InChI is InChI=1S/C22H19ClN2O6/c1-31-19-9-12(7-17(22(19)28)25(29)30)14-10-20(27)24-16-6-11(8-18(26)21(14)16)13-4-2-3-5-15(13)23/h2-5,7,9,11,14,28H,6,8,10H2,1H3,(H,24,27)/t11-,14-/m0/s1. The van der Waals surface area contributed by atoms with Crippen molar-refractivity contribution in [2.24, 2.45) is 0 Å². The van der Waals surface area contributed by atoms with Gasteiger partial charge in [0, 0.05) is 41.1 Å². The molecule has 2 N–H and O–H groups in total. The molecule has 9 heteroatoms. The Morgan fingerprint density at radius 3 is 2.61 bits per heavy atom. The van der Waals surface area contributed by atoms with Crippen LogP contribution in [0.5, 0.6) is 11.5 Å². The molecule has 0 spiro atoms. The monoisotopic (exact) mass is 442 g/mol. The van der Waals surface area contributed by atoms with Crippen molar-refractivity contribution >= 4 is 29.0 Å². The van der Waals surface area contributed by atoms with Crippen LogP contribution in [0, 0.1) is 10.1 Å². The number of phenols is 1. The van der Waals surface area contributed by atoms with E-state index in [-0.39, 0.29) is 36.2 Å². The maximum atomic E-state index is 13.2. The number of ether oxygens (including phenoxy) is 1. The van der Waals surface area contributed by atoms with Crippen LogP contribution in [0.1, 0.15) is 42.2 Å². The molecule has 2 aromatic rings. The van der Waals surface area contributed by atoms with E-state index in [1.165, 1.54) is 19.2 Å². The number of amides is 1. The quantitative estimate of drug-likeness (QED) is 0.546. The summed E-state index contributed by atoms with van der Waals surface area (Å²) in [5.41, 5.74) is 1.61. The number of nitro groups is 1. The molecule has 1 amide bonds. The molecule has 0 unspecified atom stereocenters. The van der Waals surface area contributed by atoms with E-state index >= 15 is 0 Å². The maximum Gasteiger partial charge on any atom is 0.314 e. The first-order valence-corrected chi connectivity index (χ1v) is 10.0. The minimum absolute atomic E-state index is 0.0353. The highest BCUT2D eigenvalue weighted by Gasteiger charge is 2.39. The van der Waals surface area contributed by atoms with Gasteiger partial charge in [0.2, 0.25) is 11.7 Å². The third-order valence-corrected chi connectivity index (χ3v) is 6.12. The summed E-state index contributed by atoms with van der Waals surface area (Å²) in [4.78, 5) is 36.3. The molecule has 0 radical (unpaired) electrons. The lowest BCUT2D eigenvalue weighted by Crippen LogP contribution is -2.38. The van der Waals surface area contributed by atoms with E-state index in [2.05, 4.69) is 5.32 Å². The number of hydrogen-bond donors (Lipinski definition) is 2. The third-order valence-electron chi connectivity index (χ3n) is 5.78. The van der Waals surface area contributed by atoms with E-state index in [4.69, 9.17) is 16.3 Å². The number of halogens is 1. The first kappa shape index (κ1) is 20.9. The summed E-state index contributed by atoms with van der Waals surface area (Å²) in [5, 5.41) is 24.8. The Kier molecular flexibility index (Phi) is 5.41. The van der Waals surface area contributed by atoms with Crippen LogP contribution in [0.4, 0.5) is 5.69 Å². The molecule has 0 fully saturated rings. The van der Waals surface area contributed by atoms with Crippen LogP contribution in [0.2, 0.25) is 5.02 Å². The van der Waals surface area contributed by atoms with Crippen molar-refractivity contribution < 1.29 is 24.4 Å². The molecular formula is C22H19ClN2O6. The summed E-state index contributed by atoms with van der Waals surface area (Å²) in [7, 11) is 1.28. The van der Waals surface area contributed by atoms with Crippen LogP contribution >= 0.6 is 11.6 Å². The van der Waals surface area contributed by atoms with Crippen LogP contribution in [-0.2, 0) is 9.59 Å². The molecule has 0 saturated heterocycles. The summed E-state index contributed by atoms with van der Waals surface area (Å²) in [6.07, 6.45) is 0.600. The number of carbonyl (C=O) groups is 2. The number of nitrogens with one attached hydrogen (secondary N) is 1. The second-order valence-corrected chi connectivity index (χ2v) is 8.00. The lowest BCUT2D eigenvalue weighted by Gasteiger charge is -2.34. The summed E-state index contributed by atoms with van der Waals surface area (Å²) < 4.78 is 5.07. The van der Waals surface area contributed by atoms with Gasteiger partial charge in [-0.25, -0.2) is 0 Å². The van der Waals surface area contributed by atoms with Crippen LogP contribution in [0.3, 0.4) is 0 Å². The first-order chi connectivity index (χ1) is 14.8. The summed E-state index contributed by atoms with van der Waals surface area (Å²) in [5.74, 6) is -1.97. The summed E-state index contributed by atoms with van der Waals surface area (Å²) in [6, 6.07) is 9.91. The molecule has 160 valence electrons. The van der Waals surface area contributed by atoms with E-state index in [9.17, 15) is 24.8 Å². The first-order valence-electron chi connectivity index (χ1n) is 9.66.